The summed E-state index contributed by atoms with van der Waals surface area (Å²) < 4.78 is 2.06. The lowest BCUT2D eigenvalue weighted by molar-refractivity contribution is 0.453. The molecule has 1 aromatic rings. The first kappa shape index (κ1) is 9.10. The second kappa shape index (κ2) is 4.14. The standard InChI is InChI=1S/C9H17N3/c1-3-5-8(4-2)12-7-6-11-9(12)10/h6-8H,3-5H2,1-2H3,(H2,10,11). The number of anilines is 1. The average Bonchev–Trinajstić information content (AvgIpc) is 2.47. The Morgan fingerprint density at radius 2 is 2.33 bits per heavy atom. The molecule has 0 aliphatic carbocycles. The molecule has 1 unspecified atom stereocenters. The molecule has 1 rings (SSSR count). The molecule has 0 radical (unpaired) electrons. The highest BCUT2D eigenvalue weighted by atomic mass is 15.2. The molecule has 0 saturated heterocycles. The topological polar surface area (TPSA) is 43.8 Å². The van der Waals surface area contributed by atoms with Crippen molar-refractivity contribution in [2.24, 2.45) is 0 Å². The van der Waals surface area contributed by atoms with Gasteiger partial charge < -0.3 is 10.3 Å². The minimum Gasteiger partial charge on any atom is -0.369 e. The third-order valence-corrected chi connectivity index (χ3v) is 2.19. The molecule has 0 aromatic carbocycles. The molecule has 3 nitrogen and oxygen atoms in total. The average molecular weight is 167 g/mol. The number of imidazole rings is 1. The summed E-state index contributed by atoms with van der Waals surface area (Å²) in [5, 5.41) is 0. The van der Waals surface area contributed by atoms with Gasteiger partial charge in [-0.1, -0.05) is 20.3 Å². The molecule has 0 saturated carbocycles. The maximum Gasteiger partial charge on any atom is 0.200 e. The molecule has 0 aliphatic heterocycles. The first-order valence-electron chi connectivity index (χ1n) is 4.57. The minimum atomic E-state index is 0.525. The predicted octanol–water partition coefficient (Wildman–Crippen LogP) is 2.22. The zero-order chi connectivity index (χ0) is 8.97. The van der Waals surface area contributed by atoms with Gasteiger partial charge in [-0.3, -0.25) is 0 Å². The van der Waals surface area contributed by atoms with Crippen molar-refractivity contribution in [1.82, 2.24) is 9.55 Å². The van der Waals surface area contributed by atoms with Crippen LogP contribution < -0.4 is 5.73 Å². The number of aromatic nitrogens is 2. The van der Waals surface area contributed by atoms with Crippen molar-refractivity contribution in [3.05, 3.63) is 12.4 Å². The Balaban J connectivity index is 2.72. The van der Waals surface area contributed by atoms with Gasteiger partial charge in [-0.25, -0.2) is 4.98 Å². The number of nitrogens with zero attached hydrogens (tertiary/aromatic N) is 2. The van der Waals surface area contributed by atoms with Gasteiger partial charge in [0.15, 0.2) is 5.95 Å². The van der Waals surface area contributed by atoms with Crippen LogP contribution in [0, 0.1) is 0 Å². The number of hydrogen-bond donors (Lipinski definition) is 1. The Kier molecular flexibility index (Phi) is 3.14. The minimum absolute atomic E-state index is 0.525. The Bertz CT molecular complexity index is 229. The molecule has 68 valence electrons. The van der Waals surface area contributed by atoms with E-state index in [4.69, 9.17) is 5.73 Å². The SMILES string of the molecule is CCCC(CC)n1ccnc1N. The quantitative estimate of drug-likeness (QED) is 0.747. The maximum absolute atomic E-state index is 5.70. The van der Waals surface area contributed by atoms with E-state index in [1.54, 1.807) is 6.20 Å². The van der Waals surface area contributed by atoms with Crippen LogP contribution in [0.25, 0.3) is 0 Å². The summed E-state index contributed by atoms with van der Waals surface area (Å²) >= 11 is 0. The van der Waals surface area contributed by atoms with Crippen molar-refractivity contribution in [2.75, 3.05) is 5.73 Å². The molecule has 1 aromatic heterocycles. The van der Waals surface area contributed by atoms with Crippen molar-refractivity contribution >= 4 is 5.95 Å². The Hall–Kier alpha value is -0.990. The number of nitrogens with two attached hydrogens (primary N) is 1. The van der Waals surface area contributed by atoms with E-state index in [2.05, 4.69) is 23.4 Å². The maximum atomic E-state index is 5.70. The Morgan fingerprint density at radius 1 is 1.58 bits per heavy atom. The summed E-state index contributed by atoms with van der Waals surface area (Å²) in [7, 11) is 0. The van der Waals surface area contributed by atoms with Crippen LogP contribution in [0.2, 0.25) is 0 Å². The van der Waals surface area contributed by atoms with Crippen LogP contribution >= 0.6 is 0 Å². The largest absolute Gasteiger partial charge is 0.369 e. The smallest absolute Gasteiger partial charge is 0.200 e. The monoisotopic (exact) mass is 167 g/mol. The summed E-state index contributed by atoms with van der Waals surface area (Å²) in [5.74, 6) is 0.635. The molecular weight excluding hydrogens is 150 g/mol. The molecule has 1 atom stereocenters. The molecule has 1 heterocycles. The van der Waals surface area contributed by atoms with E-state index in [1.807, 2.05) is 6.20 Å². The lowest BCUT2D eigenvalue weighted by Crippen LogP contribution is -2.09. The van der Waals surface area contributed by atoms with Gasteiger partial charge in [0.05, 0.1) is 0 Å². The van der Waals surface area contributed by atoms with Crippen LogP contribution in [0.3, 0.4) is 0 Å². The van der Waals surface area contributed by atoms with Crippen LogP contribution in [0.1, 0.15) is 39.2 Å². The second-order valence-corrected chi connectivity index (χ2v) is 3.04. The second-order valence-electron chi connectivity index (χ2n) is 3.04. The zero-order valence-electron chi connectivity index (χ0n) is 7.83. The van der Waals surface area contributed by atoms with E-state index in [0.717, 1.165) is 6.42 Å². The van der Waals surface area contributed by atoms with Crippen molar-refractivity contribution in [1.29, 1.82) is 0 Å². The normalized spacial score (nSPS) is 13.2. The summed E-state index contributed by atoms with van der Waals surface area (Å²) in [5.41, 5.74) is 5.70. The van der Waals surface area contributed by atoms with Gasteiger partial charge >= 0.3 is 0 Å². The van der Waals surface area contributed by atoms with Crippen LogP contribution in [-0.4, -0.2) is 9.55 Å². The molecule has 2 N–H and O–H groups in total. The van der Waals surface area contributed by atoms with Gasteiger partial charge in [0.25, 0.3) is 0 Å². The van der Waals surface area contributed by atoms with Crippen molar-refractivity contribution in [3.8, 4) is 0 Å². The fraction of sp³-hybridized carbons (Fsp3) is 0.667. The number of nitrogen functional groups attached to an aromatic ring is 1. The fourth-order valence-electron chi connectivity index (χ4n) is 1.51. The zero-order valence-corrected chi connectivity index (χ0v) is 7.83. The Morgan fingerprint density at radius 3 is 2.75 bits per heavy atom. The van der Waals surface area contributed by atoms with Gasteiger partial charge in [0.1, 0.15) is 0 Å². The van der Waals surface area contributed by atoms with Crippen LogP contribution in [0.5, 0.6) is 0 Å². The van der Waals surface area contributed by atoms with Crippen LogP contribution in [0.15, 0.2) is 12.4 Å². The Labute approximate surface area is 73.6 Å². The highest BCUT2D eigenvalue weighted by Gasteiger charge is 2.08. The summed E-state index contributed by atoms with van der Waals surface area (Å²) in [6.07, 6.45) is 7.20. The molecule has 0 spiro atoms. The lowest BCUT2D eigenvalue weighted by atomic mass is 10.1. The molecule has 0 amide bonds. The van der Waals surface area contributed by atoms with Crippen molar-refractivity contribution in [3.63, 3.8) is 0 Å². The van der Waals surface area contributed by atoms with Gasteiger partial charge in [-0.15, -0.1) is 0 Å². The molecule has 0 fully saturated rings. The molecule has 0 bridgehead atoms. The fourth-order valence-corrected chi connectivity index (χ4v) is 1.51. The number of hydrogen-bond acceptors (Lipinski definition) is 2. The summed E-state index contributed by atoms with van der Waals surface area (Å²) in [6.45, 7) is 4.37. The van der Waals surface area contributed by atoms with E-state index in [-0.39, 0.29) is 0 Å². The van der Waals surface area contributed by atoms with E-state index < -0.39 is 0 Å². The van der Waals surface area contributed by atoms with E-state index in [9.17, 15) is 0 Å². The molecule has 0 aliphatic rings. The van der Waals surface area contributed by atoms with Crippen LogP contribution in [0.4, 0.5) is 5.95 Å². The van der Waals surface area contributed by atoms with Crippen molar-refractivity contribution in [2.45, 2.75) is 39.2 Å². The predicted molar refractivity (Wildman–Crippen MR) is 50.9 cm³/mol. The van der Waals surface area contributed by atoms with Gasteiger partial charge in [0.2, 0.25) is 0 Å². The lowest BCUT2D eigenvalue weighted by Gasteiger charge is -2.16. The van der Waals surface area contributed by atoms with Gasteiger partial charge in [0, 0.05) is 18.4 Å². The first-order valence-corrected chi connectivity index (χ1v) is 4.57. The highest BCUT2D eigenvalue weighted by Crippen LogP contribution is 2.19. The highest BCUT2D eigenvalue weighted by molar-refractivity contribution is 5.17. The van der Waals surface area contributed by atoms with E-state index in [1.165, 1.54) is 12.8 Å². The summed E-state index contributed by atoms with van der Waals surface area (Å²) in [4.78, 5) is 4.01. The number of rotatable bonds is 4. The van der Waals surface area contributed by atoms with Gasteiger partial charge in [-0.05, 0) is 12.8 Å². The molecule has 12 heavy (non-hydrogen) atoms. The molecule has 3 heteroatoms. The first-order chi connectivity index (χ1) is 5.79. The van der Waals surface area contributed by atoms with Crippen molar-refractivity contribution < 1.29 is 0 Å². The third-order valence-electron chi connectivity index (χ3n) is 2.19. The summed E-state index contributed by atoms with van der Waals surface area (Å²) in [6, 6.07) is 0.525. The van der Waals surface area contributed by atoms with Crippen LogP contribution in [-0.2, 0) is 0 Å². The van der Waals surface area contributed by atoms with E-state index in [0.29, 0.717) is 12.0 Å². The molecular formula is C9H17N3. The van der Waals surface area contributed by atoms with E-state index >= 15 is 0 Å². The third kappa shape index (κ3) is 1.78. The van der Waals surface area contributed by atoms with Gasteiger partial charge in [-0.2, -0.15) is 0 Å².